The Kier molecular flexibility index (Phi) is 6.28. The van der Waals surface area contributed by atoms with Gasteiger partial charge in [0.1, 0.15) is 11.8 Å². The molecule has 0 spiro atoms. The van der Waals surface area contributed by atoms with Crippen molar-refractivity contribution in [2.75, 3.05) is 37.0 Å². The van der Waals surface area contributed by atoms with Crippen molar-refractivity contribution in [3.05, 3.63) is 35.8 Å². The highest BCUT2D eigenvalue weighted by Crippen LogP contribution is 2.38. The van der Waals surface area contributed by atoms with Gasteiger partial charge < -0.3 is 20.1 Å². The molecule has 2 N–H and O–H groups in total. The van der Waals surface area contributed by atoms with Crippen molar-refractivity contribution in [3.63, 3.8) is 0 Å². The molecule has 5 rings (SSSR count). The molecule has 3 saturated heterocycles. The van der Waals surface area contributed by atoms with Crippen LogP contribution in [0.25, 0.3) is 0 Å². The van der Waals surface area contributed by atoms with E-state index in [2.05, 4.69) is 45.4 Å². The van der Waals surface area contributed by atoms with Crippen molar-refractivity contribution in [1.82, 2.24) is 14.9 Å². The Labute approximate surface area is 199 Å². The summed E-state index contributed by atoms with van der Waals surface area (Å²) in [5.41, 5.74) is 1.12. The highest BCUT2D eigenvalue weighted by Gasteiger charge is 2.43. The number of hydrogen-bond donors (Lipinski definition) is 2. The normalized spacial score (nSPS) is 24.1. The van der Waals surface area contributed by atoms with Crippen LogP contribution in [0.4, 0.5) is 21.8 Å². The molecule has 8 nitrogen and oxygen atoms in total. The maximum Gasteiger partial charge on any atom is 0.229 e. The average molecular weight is 467 g/mol. The van der Waals surface area contributed by atoms with Crippen LogP contribution in [0, 0.1) is 23.1 Å². The van der Waals surface area contributed by atoms with Crippen molar-refractivity contribution in [1.29, 1.82) is 5.26 Å². The van der Waals surface area contributed by atoms with Crippen molar-refractivity contribution < 1.29 is 13.9 Å². The Morgan fingerprint density at radius 3 is 2.97 bits per heavy atom. The highest BCUT2D eigenvalue weighted by molar-refractivity contribution is 5.61. The average Bonchev–Trinajstić information content (AvgIpc) is 3.25. The summed E-state index contributed by atoms with van der Waals surface area (Å²) in [5, 5.41) is 16.0. The molecule has 9 heteroatoms. The fraction of sp³-hybridized carbons (Fsp3) is 0.560. The molecule has 0 aliphatic carbocycles. The van der Waals surface area contributed by atoms with E-state index >= 15 is 0 Å². The van der Waals surface area contributed by atoms with Crippen molar-refractivity contribution in [2.45, 2.75) is 57.2 Å². The van der Waals surface area contributed by atoms with Gasteiger partial charge in [-0.1, -0.05) is 0 Å². The zero-order valence-electron chi connectivity index (χ0n) is 19.7. The first kappa shape index (κ1) is 22.8. The number of rotatable bonds is 7. The predicted octanol–water partition coefficient (Wildman–Crippen LogP) is 4.07. The van der Waals surface area contributed by atoms with Crippen LogP contribution in [0.5, 0.6) is 5.75 Å². The van der Waals surface area contributed by atoms with Gasteiger partial charge in [-0.2, -0.15) is 10.2 Å². The van der Waals surface area contributed by atoms with E-state index in [9.17, 15) is 9.65 Å². The summed E-state index contributed by atoms with van der Waals surface area (Å²) in [6, 6.07) is 8.08. The smallest absolute Gasteiger partial charge is 0.229 e. The van der Waals surface area contributed by atoms with Gasteiger partial charge in [-0.3, -0.25) is 4.90 Å². The predicted molar refractivity (Wildman–Crippen MR) is 127 cm³/mol. The Morgan fingerprint density at radius 2 is 2.21 bits per heavy atom. The summed E-state index contributed by atoms with van der Waals surface area (Å²) in [7, 11) is 0. The molecule has 0 saturated carbocycles. The second-order valence-corrected chi connectivity index (χ2v) is 10.1. The number of nitrogens with one attached hydrogen (secondary N) is 2. The second-order valence-electron chi connectivity index (χ2n) is 10.1. The number of nitrogens with zero attached hydrogens (tertiary/aromatic N) is 4. The molecule has 34 heavy (non-hydrogen) atoms. The molecular weight excluding hydrogens is 435 g/mol. The molecule has 0 bridgehead atoms. The monoisotopic (exact) mass is 466 g/mol. The van der Waals surface area contributed by atoms with Crippen LogP contribution in [0.2, 0.25) is 0 Å². The lowest BCUT2D eigenvalue weighted by molar-refractivity contribution is -0.0508. The molecule has 180 valence electrons. The first-order chi connectivity index (χ1) is 16.4. The fourth-order valence-corrected chi connectivity index (χ4v) is 5.38. The van der Waals surface area contributed by atoms with Crippen LogP contribution in [-0.2, 0) is 4.74 Å². The van der Waals surface area contributed by atoms with Crippen LogP contribution < -0.4 is 15.4 Å². The number of ether oxygens (including phenoxy) is 2. The van der Waals surface area contributed by atoms with Crippen molar-refractivity contribution >= 4 is 17.5 Å². The number of hydrogen-bond acceptors (Lipinski definition) is 8. The molecule has 2 unspecified atom stereocenters. The molecule has 3 aliphatic rings. The fourth-order valence-electron chi connectivity index (χ4n) is 5.38. The topological polar surface area (TPSA) is 95.3 Å². The van der Waals surface area contributed by atoms with E-state index in [4.69, 9.17) is 9.47 Å². The number of benzene rings is 1. The van der Waals surface area contributed by atoms with Gasteiger partial charge in [0.15, 0.2) is 11.6 Å². The summed E-state index contributed by atoms with van der Waals surface area (Å²) in [6.07, 6.45) is 5.50. The van der Waals surface area contributed by atoms with E-state index in [1.165, 1.54) is 19.0 Å². The van der Waals surface area contributed by atoms with Crippen LogP contribution in [0.3, 0.4) is 0 Å². The molecule has 2 aromatic rings. The SMILES string of the molecule is CC1(C)CC(Nc2nc(Nc3ccc(OCC4COC4)c(C#N)c3)ncc2F)CC2CCCN21. The first-order valence-electron chi connectivity index (χ1n) is 12.0. The largest absolute Gasteiger partial charge is 0.492 e. The molecule has 0 amide bonds. The minimum absolute atomic E-state index is 0.0742. The molecule has 1 aromatic heterocycles. The van der Waals surface area contributed by atoms with Gasteiger partial charge in [0, 0.05) is 29.2 Å². The van der Waals surface area contributed by atoms with E-state index in [0.29, 0.717) is 48.8 Å². The van der Waals surface area contributed by atoms with Crippen LogP contribution in [0.15, 0.2) is 24.4 Å². The Balaban J connectivity index is 1.27. The molecule has 4 heterocycles. The van der Waals surface area contributed by atoms with Gasteiger partial charge in [0.25, 0.3) is 0 Å². The first-order valence-corrected chi connectivity index (χ1v) is 12.0. The zero-order valence-corrected chi connectivity index (χ0v) is 19.7. The maximum atomic E-state index is 14.6. The van der Waals surface area contributed by atoms with Gasteiger partial charge in [-0.05, 0) is 64.3 Å². The number of halogens is 1. The van der Waals surface area contributed by atoms with E-state index in [-0.39, 0.29) is 23.3 Å². The summed E-state index contributed by atoms with van der Waals surface area (Å²) in [6.45, 7) is 7.58. The lowest BCUT2D eigenvalue weighted by atomic mass is 9.84. The lowest BCUT2D eigenvalue weighted by Gasteiger charge is -2.47. The second kappa shape index (κ2) is 9.35. The third kappa shape index (κ3) is 4.79. The molecule has 3 aliphatic heterocycles. The van der Waals surface area contributed by atoms with Crippen LogP contribution in [-0.4, -0.2) is 58.9 Å². The molecular formula is C25H31FN6O2. The van der Waals surface area contributed by atoms with E-state index in [1.54, 1.807) is 18.2 Å². The maximum absolute atomic E-state index is 14.6. The summed E-state index contributed by atoms with van der Waals surface area (Å²) >= 11 is 0. The summed E-state index contributed by atoms with van der Waals surface area (Å²) in [5.74, 6) is 0.898. The van der Waals surface area contributed by atoms with Crippen LogP contribution in [0.1, 0.15) is 45.1 Å². The van der Waals surface area contributed by atoms with Gasteiger partial charge in [0.05, 0.1) is 31.6 Å². The van der Waals surface area contributed by atoms with Crippen molar-refractivity contribution in [2.24, 2.45) is 5.92 Å². The van der Waals surface area contributed by atoms with Gasteiger partial charge in [0.2, 0.25) is 5.95 Å². The third-order valence-corrected chi connectivity index (χ3v) is 7.08. The number of fused-ring (bicyclic) bond motifs is 1. The van der Waals surface area contributed by atoms with E-state index in [1.807, 2.05) is 0 Å². The van der Waals surface area contributed by atoms with E-state index < -0.39 is 5.82 Å². The number of nitriles is 1. The lowest BCUT2D eigenvalue weighted by Crippen LogP contribution is -2.55. The molecule has 3 fully saturated rings. The Hall–Kier alpha value is -2.96. The number of aromatic nitrogens is 2. The number of anilines is 3. The standard InChI is InChI=1S/C25H31FN6O2/c1-25(2)10-19(9-20-4-3-7-32(20)25)29-23-21(26)12-28-24(31-23)30-18-5-6-22(17(8-18)11-27)34-15-16-13-33-14-16/h5-6,8,12,16,19-20H,3-4,7,9-10,13-15H2,1-2H3,(H2,28,29,30,31). The summed E-state index contributed by atoms with van der Waals surface area (Å²) < 4.78 is 25.5. The molecule has 2 atom stereocenters. The minimum atomic E-state index is -0.473. The Bertz CT molecular complexity index is 1080. The van der Waals surface area contributed by atoms with E-state index in [0.717, 1.165) is 19.4 Å². The van der Waals surface area contributed by atoms with Crippen LogP contribution >= 0.6 is 0 Å². The third-order valence-electron chi connectivity index (χ3n) is 7.08. The van der Waals surface area contributed by atoms with Crippen molar-refractivity contribution in [3.8, 4) is 11.8 Å². The van der Waals surface area contributed by atoms with Gasteiger partial charge in [-0.15, -0.1) is 0 Å². The molecule has 1 aromatic carbocycles. The quantitative estimate of drug-likeness (QED) is 0.631. The van der Waals surface area contributed by atoms with Gasteiger partial charge in [-0.25, -0.2) is 9.37 Å². The number of piperidine rings is 1. The Morgan fingerprint density at radius 1 is 1.35 bits per heavy atom. The summed E-state index contributed by atoms with van der Waals surface area (Å²) in [4.78, 5) is 11.1. The van der Waals surface area contributed by atoms with Gasteiger partial charge >= 0.3 is 0 Å². The minimum Gasteiger partial charge on any atom is -0.492 e. The zero-order chi connectivity index (χ0) is 23.7. The molecule has 0 radical (unpaired) electrons. The highest BCUT2D eigenvalue weighted by atomic mass is 19.1.